The van der Waals surface area contributed by atoms with E-state index in [4.69, 9.17) is 5.84 Å². The summed E-state index contributed by atoms with van der Waals surface area (Å²) in [4.78, 5) is 8.57. The highest BCUT2D eigenvalue weighted by Gasteiger charge is 2.18. The molecule has 2 rings (SSSR count). The highest BCUT2D eigenvalue weighted by atomic mass is 15.3. The van der Waals surface area contributed by atoms with Gasteiger partial charge < -0.3 is 5.32 Å². The zero-order valence-corrected chi connectivity index (χ0v) is 12.4. The van der Waals surface area contributed by atoms with Gasteiger partial charge in [0.1, 0.15) is 5.82 Å². The number of hydrogen-bond acceptors (Lipinski definition) is 6. The van der Waals surface area contributed by atoms with Gasteiger partial charge in [-0.1, -0.05) is 27.7 Å². The third kappa shape index (κ3) is 2.98. The first-order valence-electron chi connectivity index (χ1n) is 6.94. The van der Waals surface area contributed by atoms with Crippen LogP contribution in [0.3, 0.4) is 0 Å². The van der Waals surface area contributed by atoms with E-state index in [9.17, 15) is 0 Å². The lowest BCUT2D eigenvalue weighted by molar-refractivity contribution is 0.304. The van der Waals surface area contributed by atoms with Gasteiger partial charge in [-0.2, -0.15) is 15.1 Å². The number of H-pyrrole nitrogens is 1. The van der Waals surface area contributed by atoms with Gasteiger partial charge >= 0.3 is 0 Å². The van der Waals surface area contributed by atoms with Crippen molar-refractivity contribution in [3.8, 4) is 0 Å². The quantitative estimate of drug-likeness (QED) is 0.475. The topological polar surface area (TPSA) is 105 Å². The van der Waals surface area contributed by atoms with Crippen LogP contribution in [0.1, 0.15) is 27.7 Å². The maximum Gasteiger partial charge on any atom is 0.241 e. The lowest BCUT2D eigenvalue weighted by Gasteiger charge is -2.25. The molecule has 0 bridgehead atoms. The summed E-state index contributed by atoms with van der Waals surface area (Å²) >= 11 is 0. The van der Waals surface area contributed by atoms with Crippen LogP contribution in [0.15, 0.2) is 6.20 Å². The van der Waals surface area contributed by atoms with Crippen LogP contribution in [0.2, 0.25) is 0 Å². The Morgan fingerprint density at radius 3 is 2.50 bits per heavy atom. The van der Waals surface area contributed by atoms with Crippen molar-refractivity contribution in [3.63, 3.8) is 0 Å². The number of aromatic nitrogens is 4. The first kappa shape index (κ1) is 14.5. The van der Waals surface area contributed by atoms with Crippen molar-refractivity contribution in [1.29, 1.82) is 0 Å². The monoisotopic (exact) mass is 277 g/mol. The summed E-state index contributed by atoms with van der Waals surface area (Å²) in [5.74, 6) is 8.30. The summed E-state index contributed by atoms with van der Waals surface area (Å²) < 4.78 is 0. The van der Waals surface area contributed by atoms with E-state index in [1.54, 1.807) is 6.20 Å². The van der Waals surface area contributed by atoms with Crippen LogP contribution in [0, 0.1) is 17.8 Å². The molecule has 0 aliphatic carbocycles. The van der Waals surface area contributed by atoms with Crippen LogP contribution in [0.5, 0.6) is 0 Å². The second-order valence-corrected chi connectivity index (χ2v) is 5.71. The van der Waals surface area contributed by atoms with Gasteiger partial charge in [-0.3, -0.25) is 10.5 Å². The minimum absolute atomic E-state index is 0.370. The molecule has 110 valence electrons. The number of anilines is 2. The number of nitrogens with zero attached hydrogens (tertiary/aromatic N) is 3. The second kappa shape index (κ2) is 6.04. The summed E-state index contributed by atoms with van der Waals surface area (Å²) in [6.45, 7) is 9.83. The average molecular weight is 277 g/mol. The first-order chi connectivity index (χ1) is 9.52. The number of nitrogens with one attached hydrogen (secondary N) is 3. The predicted octanol–water partition coefficient (Wildman–Crippen LogP) is 1.98. The fraction of sp³-hybridized carbons (Fsp3) is 0.615. The molecular formula is C13H23N7. The Bertz CT molecular complexity index is 553. The van der Waals surface area contributed by atoms with E-state index in [0.29, 0.717) is 29.3 Å². The van der Waals surface area contributed by atoms with Gasteiger partial charge in [0.2, 0.25) is 5.95 Å². The summed E-state index contributed by atoms with van der Waals surface area (Å²) in [6.07, 6.45) is 1.72. The molecule has 2 heterocycles. The molecule has 0 atom stereocenters. The summed E-state index contributed by atoms with van der Waals surface area (Å²) in [5.41, 5.74) is 3.14. The fourth-order valence-electron chi connectivity index (χ4n) is 2.49. The van der Waals surface area contributed by atoms with Crippen molar-refractivity contribution in [2.75, 3.05) is 17.3 Å². The highest BCUT2D eigenvalue weighted by molar-refractivity contribution is 5.86. The first-order valence-corrected chi connectivity index (χ1v) is 6.94. The minimum atomic E-state index is 0.370. The fourth-order valence-corrected chi connectivity index (χ4v) is 2.49. The molecule has 0 unspecified atom stereocenters. The van der Waals surface area contributed by atoms with Crippen LogP contribution >= 0.6 is 0 Å². The number of rotatable bonds is 6. The third-order valence-corrected chi connectivity index (χ3v) is 3.66. The summed E-state index contributed by atoms with van der Waals surface area (Å²) in [5, 5.41) is 11.1. The van der Waals surface area contributed by atoms with Gasteiger partial charge in [0.15, 0.2) is 5.65 Å². The Hall–Kier alpha value is -1.89. The maximum atomic E-state index is 5.39. The molecule has 5 N–H and O–H groups in total. The molecule has 0 saturated heterocycles. The number of hydrazine groups is 1. The highest BCUT2D eigenvalue weighted by Crippen LogP contribution is 2.24. The smallest absolute Gasteiger partial charge is 0.241 e. The van der Waals surface area contributed by atoms with Crippen molar-refractivity contribution in [2.45, 2.75) is 27.7 Å². The lowest BCUT2D eigenvalue weighted by Crippen LogP contribution is -2.25. The molecule has 0 amide bonds. The van der Waals surface area contributed by atoms with Crippen LogP contribution in [-0.4, -0.2) is 26.7 Å². The van der Waals surface area contributed by atoms with Gasteiger partial charge in [0.05, 0.1) is 11.6 Å². The molecule has 20 heavy (non-hydrogen) atoms. The number of aromatic amines is 1. The van der Waals surface area contributed by atoms with Crippen LogP contribution in [-0.2, 0) is 0 Å². The molecule has 7 nitrogen and oxygen atoms in total. The molecule has 2 aromatic rings. The molecule has 0 spiro atoms. The molecule has 0 fully saturated rings. The molecule has 7 heteroatoms. The zero-order valence-electron chi connectivity index (χ0n) is 12.4. The van der Waals surface area contributed by atoms with Gasteiger partial charge in [0, 0.05) is 6.54 Å². The van der Waals surface area contributed by atoms with Gasteiger partial charge in [-0.15, -0.1) is 0 Å². The van der Waals surface area contributed by atoms with Crippen LogP contribution < -0.4 is 16.6 Å². The molecule has 0 radical (unpaired) electrons. The summed E-state index contributed by atoms with van der Waals surface area (Å²) in [7, 11) is 0. The van der Waals surface area contributed by atoms with Gasteiger partial charge in [-0.25, -0.2) is 5.84 Å². The van der Waals surface area contributed by atoms with Crippen molar-refractivity contribution >= 4 is 22.8 Å². The molecule has 0 aliphatic heterocycles. The standard InChI is InChI=1S/C13H23N7/c1-7(2)9(8(3)4)5-15-11-10-6-16-20-12(10)18-13(17-11)19-14/h6-9H,5,14H2,1-4H3,(H3,15,16,17,18,19,20). The number of fused-ring (bicyclic) bond motifs is 1. The van der Waals surface area contributed by atoms with Crippen molar-refractivity contribution in [1.82, 2.24) is 20.2 Å². The van der Waals surface area contributed by atoms with Crippen molar-refractivity contribution in [3.05, 3.63) is 6.20 Å². The number of nitrogens with two attached hydrogens (primary N) is 1. The number of nitrogen functional groups attached to an aromatic ring is 1. The van der Waals surface area contributed by atoms with Crippen molar-refractivity contribution < 1.29 is 0 Å². The van der Waals surface area contributed by atoms with E-state index in [-0.39, 0.29) is 0 Å². The SMILES string of the molecule is CC(C)C(CNc1nc(NN)nc2[nH]ncc12)C(C)C. The minimum Gasteiger partial charge on any atom is -0.369 e. The summed E-state index contributed by atoms with van der Waals surface area (Å²) in [6, 6.07) is 0. The van der Waals surface area contributed by atoms with Gasteiger partial charge in [0.25, 0.3) is 0 Å². The number of hydrogen-bond donors (Lipinski definition) is 4. The van der Waals surface area contributed by atoms with E-state index in [0.717, 1.165) is 17.7 Å². The average Bonchev–Trinajstić information content (AvgIpc) is 2.85. The molecule has 2 aromatic heterocycles. The van der Waals surface area contributed by atoms with Crippen LogP contribution in [0.25, 0.3) is 11.0 Å². The Morgan fingerprint density at radius 1 is 1.20 bits per heavy atom. The third-order valence-electron chi connectivity index (χ3n) is 3.66. The van der Waals surface area contributed by atoms with Gasteiger partial charge in [-0.05, 0) is 17.8 Å². The molecule has 0 saturated carbocycles. The Morgan fingerprint density at radius 2 is 1.90 bits per heavy atom. The maximum absolute atomic E-state index is 5.39. The predicted molar refractivity (Wildman–Crippen MR) is 81.1 cm³/mol. The molecule has 0 aromatic carbocycles. The van der Waals surface area contributed by atoms with E-state index in [1.807, 2.05) is 0 Å². The molecular weight excluding hydrogens is 254 g/mol. The Balaban J connectivity index is 2.22. The van der Waals surface area contributed by atoms with E-state index >= 15 is 0 Å². The Labute approximate surface area is 118 Å². The van der Waals surface area contributed by atoms with E-state index in [2.05, 4.69) is 58.6 Å². The van der Waals surface area contributed by atoms with Crippen LogP contribution in [0.4, 0.5) is 11.8 Å². The Kier molecular flexibility index (Phi) is 4.39. The largest absolute Gasteiger partial charge is 0.369 e. The van der Waals surface area contributed by atoms with E-state index in [1.165, 1.54) is 0 Å². The normalized spacial score (nSPS) is 11.8. The lowest BCUT2D eigenvalue weighted by atomic mass is 9.85. The van der Waals surface area contributed by atoms with E-state index < -0.39 is 0 Å². The second-order valence-electron chi connectivity index (χ2n) is 5.71. The molecule has 0 aliphatic rings. The van der Waals surface area contributed by atoms with Crippen molar-refractivity contribution in [2.24, 2.45) is 23.6 Å². The zero-order chi connectivity index (χ0) is 14.7.